The van der Waals surface area contributed by atoms with Crippen molar-refractivity contribution in [2.45, 2.75) is 19.7 Å². The van der Waals surface area contributed by atoms with Crippen molar-refractivity contribution in [2.75, 3.05) is 7.11 Å². The largest absolute Gasteiger partial charge is 1.00 e. The lowest BCUT2D eigenvalue weighted by Gasteiger charge is -2.16. The van der Waals surface area contributed by atoms with Gasteiger partial charge in [-0.05, 0) is 29.8 Å². The van der Waals surface area contributed by atoms with Gasteiger partial charge in [-0.1, -0.05) is 47.5 Å². The number of hydrogen-bond acceptors (Lipinski definition) is 4. The molecule has 0 unspecified atom stereocenters. The Morgan fingerprint density at radius 1 is 1.00 bits per heavy atom. The van der Waals surface area contributed by atoms with Gasteiger partial charge in [-0.25, -0.2) is 0 Å². The van der Waals surface area contributed by atoms with Gasteiger partial charge >= 0.3 is 0 Å². The van der Waals surface area contributed by atoms with Crippen LogP contribution in [0, 0.1) is 0 Å². The zero-order valence-electron chi connectivity index (χ0n) is 15.3. The molecule has 3 aromatic rings. The minimum Gasteiger partial charge on any atom is -1.00 e. The van der Waals surface area contributed by atoms with Gasteiger partial charge in [0.05, 0.1) is 7.11 Å². The Hall–Kier alpha value is -1.98. The molecule has 0 aliphatic rings. The molecule has 0 amide bonds. The van der Waals surface area contributed by atoms with Crippen molar-refractivity contribution in [3.05, 3.63) is 87.7 Å². The summed E-state index contributed by atoms with van der Waals surface area (Å²) in [5.41, 5.74) is 2.99. The number of aromatic nitrogens is 1. The highest BCUT2D eigenvalue weighted by atomic mass is 35.5. The van der Waals surface area contributed by atoms with Crippen LogP contribution in [0.3, 0.4) is 0 Å². The number of methoxy groups -OCH3 is 1. The molecule has 7 heteroatoms. The summed E-state index contributed by atoms with van der Waals surface area (Å²) >= 11 is 12.2. The molecule has 0 saturated carbocycles. The molecule has 0 bridgehead atoms. The molecule has 3 rings (SSSR count). The molecular formula is C21H20Cl3N2O2-. The molecule has 0 radical (unpaired) electrons. The summed E-state index contributed by atoms with van der Waals surface area (Å²) < 4.78 is 11.5. The van der Waals surface area contributed by atoms with Crippen molar-refractivity contribution in [1.82, 2.24) is 10.3 Å². The Balaban J connectivity index is 0.00000280. The first-order valence-corrected chi connectivity index (χ1v) is 9.25. The van der Waals surface area contributed by atoms with Crippen molar-refractivity contribution in [3.8, 4) is 11.5 Å². The summed E-state index contributed by atoms with van der Waals surface area (Å²) in [5, 5.41) is 4.58. The predicted molar refractivity (Wildman–Crippen MR) is 109 cm³/mol. The first-order chi connectivity index (χ1) is 13.2. The van der Waals surface area contributed by atoms with Crippen LogP contribution >= 0.6 is 23.2 Å². The van der Waals surface area contributed by atoms with E-state index in [0.717, 1.165) is 16.7 Å². The Kier molecular flexibility index (Phi) is 8.87. The molecular weight excluding hydrogens is 419 g/mol. The number of benzene rings is 2. The van der Waals surface area contributed by atoms with Crippen LogP contribution in [0.5, 0.6) is 11.5 Å². The minimum atomic E-state index is 0. The fourth-order valence-electron chi connectivity index (χ4n) is 2.66. The van der Waals surface area contributed by atoms with Crippen molar-refractivity contribution >= 4 is 23.2 Å². The second-order valence-corrected chi connectivity index (χ2v) is 6.78. The number of rotatable bonds is 8. The number of para-hydroxylation sites is 1. The first-order valence-electron chi connectivity index (χ1n) is 8.49. The highest BCUT2D eigenvalue weighted by Crippen LogP contribution is 2.32. The summed E-state index contributed by atoms with van der Waals surface area (Å²) in [4.78, 5) is 4.13. The highest BCUT2D eigenvalue weighted by molar-refractivity contribution is 6.35. The number of nitrogens with zero attached hydrogens (tertiary/aromatic N) is 1. The van der Waals surface area contributed by atoms with Crippen LogP contribution in [0.25, 0.3) is 0 Å². The average molecular weight is 439 g/mol. The van der Waals surface area contributed by atoms with Crippen LogP contribution in [-0.4, -0.2) is 12.1 Å². The molecule has 1 aromatic heterocycles. The van der Waals surface area contributed by atoms with Gasteiger partial charge in [-0.15, -0.1) is 0 Å². The molecule has 0 aliphatic heterocycles. The van der Waals surface area contributed by atoms with Crippen LogP contribution in [-0.2, 0) is 19.7 Å². The third kappa shape index (κ3) is 6.01. The van der Waals surface area contributed by atoms with Crippen LogP contribution < -0.4 is 27.2 Å². The molecule has 2 aromatic carbocycles. The Morgan fingerprint density at radius 3 is 2.57 bits per heavy atom. The normalized spacial score (nSPS) is 10.2. The van der Waals surface area contributed by atoms with Gasteiger partial charge in [0.2, 0.25) is 0 Å². The molecule has 0 aliphatic carbocycles. The summed E-state index contributed by atoms with van der Waals surface area (Å²) in [6, 6.07) is 15.2. The quantitative estimate of drug-likeness (QED) is 0.586. The van der Waals surface area contributed by atoms with E-state index in [1.165, 1.54) is 0 Å². The third-order valence-electron chi connectivity index (χ3n) is 4.03. The van der Waals surface area contributed by atoms with Gasteiger partial charge in [0.25, 0.3) is 0 Å². The second kappa shape index (κ2) is 11.1. The number of halogens is 3. The molecule has 0 fully saturated rings. The maximum Gasteiger partial charge on any atom is 0.166 e. The Bertz CT molecular complexity index is 892. The van der Waals surface area contributed by atoms with Crippen molar-refractivity contribution in [3.63, 3.8) is 0 Å². The molecule has 1 N–H and O–H groups in total. The maximum atomic E-state index is 6.25. The monoisotopic (exact) mass is 437 g/mol. The summed E-state index contributed by atoms with van der Waals surface area (Å²) in [6.45, 7) is 1.68. The van der Waals surface area contributed by atoms with E-state index in [0.29, 0.717) is 41.2 Å². The molecule has 148 valence electrons. The predicted octanol–water partition coefficient (Wildman–Crippen LogP) is 2.27. The fourth-order valence-corrected chi connectivity index (χ4v) is 3.12. The van der Waals surface area contributed by atoms with E-state index in [1.54, 1.807) is 25.4 Å². The lowest BCUT2D eigenvalue weighted by Crippen LogP contribution is -3.00. The van der Waals surface area contributed by atoms with E-state index in [-0.39, 0.29) is 12.4 Å². The van der Waals surface area contributed by atoms with Crippen molar-refractivity contribution in [1.29, 1.82) is 0 Å². The van der Waals surface area contributed by atoms with Crippen molar-refractivity contribution in [2.24, 2.45) is 0 Å². The van der Waals surface area contributed by atoms with Crippen LogP contribution in [0.15, 0.2) is 60.9 Å². The lowest BCUT2D eigenvalue weighted by molar-refractivity contribution is -0.00000587. The number of hydrogen-bond donors (Lipinski definition) is 1. The number of nitrogens with one attached hydrogen (secondary N) is 1. The zero-order chi connectivity index (χ0) is 19.1. The van der Waals surface area contributed by atoms with Gasteiger partial charge in [0.1, 0.15) is 6.61 Å². The summed E-state index contributed by atoms with van der Waals surface area (Å²) in [6.07, 6.45) is 3.61. The minimum absolute atomic E-state index is 0. The van der Waals surface area contributed by atoms with Gasteiger partial charge in [0.15, 0.2) is 11.5 Å². The first kappa shape index (κ1) is 22.3. The maximum absolute atomic E-state index is 6.25. The Labute approximate surface area is 181 Å². The number of pyridine rings is 1. The van der Waals surface area contributed by atoms with Gasteiger partial charge in [-0.2, -0.15) is 0 Å². The highest BCUT2D eigenvalue weighted by Gasteiger charge is 2.12. The molecule has 4 nitrogen and oxygen atoms in total. The van der Waals surface area contributed by atoms with Crippen molar-refractivity contribution < 1.29 is 21.9 Å². The lowest BCUT2D eigenvalue weighted by atomic mass is 10.1. The standard InChI is InChI=1S/C21H20Cl2N2O2.ClH/c1-26-20-6-2-5-16(13-25-12-15-4-3-9-24-11-15)21(20)27-14-17-7-8-18(22)10-19(17)23;/h2-11,25H,12-14H2,1H3;1H/p-1. The van der Waals surface area contributed by atoms with Gasteiger partial charge < -0.3 is 27.2 Å². The van der Waals surface area contributed by atoms with E-state index in [4.69, 9.17) is 32.7 Å². The van der Waals surface area contributed by atoms with Gasteiger partial charge in [0, 0.05) is 46.7 Å². The van der Waals surface area contributed by atoms with E-state index < -0.39 is 0 Å². The molecule has 0 spiro atoms. The third-order valence-corrected chi connectivity index (χ3v) is 4.62. The molecule has 28 heavy (non-hydrogen) atoms. The summed E-state index contributed by atoms with van der Waals surface area (Å²) in [7, 11) is 1.63. The SMILES string of the molecule is COc1cccc(CNCc2cccnc2)c1OCc1ccc(Cl)cc1Cl.[Cl-]. The smallest absolute Gasteiger partial charge is 0.166 e. The van der Waals surface area contributed by atoms with Crippen LogP contribution in [0.4, 0.5) is 0 Å². The van der Waals surface area contributed by atoms with Crippen LogP contribution in [0.1, 0.15) is 16.7 Å². The Morgan fingerprint density at radius 2 is 1.86 bits per heavy atom. The summed E-state index contributed by atoms with van der Waals surface area (Å²) in [5.74, 6) is 1.38. The van der Waals surface area contributed by atoms with E-state index in [1.807, 2.05) is 42.6 Å². The van der Waals surface area contributed by atoms with Gasteiger partial charge in [-0.3, -0.25) is 4.98 Å². The van der Waals surface area contributed by atoms with E-state index >= 15 is 0 Å². The van der Waals surface area contributed by atoms with E-state index in [9.17, 15) is 0 Å². The second-order valence-electron chi connectivity index (χ2n) is 5.94. The topological polar surface area (TPSA) is 43.4 Å². The number of ether oxygens (including phenoxy) is 2. The molecule has 0 saturated heterocycles. The molecule has 1 heterocycles. The average Bonchev–Trinajstić information content (AvgIpc) is 2.68. The molecule has 0 atom stereocenters. The zero-order valence-corrected chi connectivity index (χ0v) is 17.6. The van der Waals surface area contributed by atoms with Crippen LogP contribution in [0.2, 0.25) is 10.0 Å². The van der Waals surface area contributed by atoms with E-state index in [2.05, 4.69) is 10.3 Å². The fraction of sp³-hybridized carbons (Fsp3) is 0.190.